The second-order valence-electron chi connectivity index (χ2n) is 8.49. The quantitative estimate of drug-likeness (QED) is 0.204. The number of esters is 1. The Morgan fingerprint density at radius 3 is 2.28 bits per heavy atom. The third kappa shape index (κ3) is 8.26. The van der Waals surface area contributed by atoms with Gasteiger partial charge in [-0.1, -0.05) is 76.3 Å². The van der Waals surface area contributed by atoms with Crippen LogP contribution in [-0.4, -0.2) is 12.6 Å². The Bertz CT molecular complexity index is 913. The van der Waals surface area contributed by atoms with Gasteiger partial charge in [0.15, 0.2) is 0 Å². The third-order valence-electron chi connectivity index (χ3n) is 5.93. The number of aryl methyl sites for hydroxylation is 1. The lowest BCUT2D eigenvalue weighted by Gasteiger charge is -2.08. The maximum atomic E-state index is 12.5. The number of thiophene rings is 1. The SMILES string of the molecule is CCCCCCCCCCCCOC(=O)c1ccc(Cl)c(Cc2sc(C)c(C)c2C#N)c1. The van der Waals surface area contributed by atoms with E-state index >= 15 is 0 Å². The van der Waals surface area contributed by atoms with E-state index in [9.17, 15) is 10.1 Å². The van der Waals surface area contributed by atoms with Gasteiger partial charge in [-0.25, -0.2) is 4.79 Å². The summed E-state index contributed by atoms with van der Waals surface area (Å²) in [4.78, 5) is 14.6. The molecule has 174 valence electrons. The highest BCUT2D eigenvalue weighted by Crippen LogP contribution is 2.31. The number of nitrogens with zero attached hydrogens (tertiary/aromatic N) is 1. The minimum atomic E-state index is -0.308. The van der Waals surface area contributed by atoms with Gasteiger partial charge >= 0.3 is 5.97 Å². The van der Waals surface area contributed by atoms with Crippen molar-refractivity contribution in [2.75, 3.05) is 6.61 Å². The maximum absolute atomic E-state index is 12.5. The number of hydrogen-bond donors (Lipinski definition) is 0. The fraction of sp³-hybridized carbons (Fsp3) is 0.556. The first kappa shape index (κ1) is 26.4. The van der Waals surface area contributed by atoms with Crippen LogP contribution in [0.3, 0.4) is 0 Å². The van der Waals surface area contributed by atoms with Crippen molar-refractivity contribution in [1.29, 1.82) is 5.26 Å². The molecule has 0 N–H and O–H groups in total. The zero-order chi connectivity index (χ0) is 23.3. The first-order chi connectivity index (χ1) is 15.5. The van der Waals surface area contributed by atoms with Gasteiger partial charge in [-0.15, -0.1) is 11.3 Å². The summed E-state index contributed by atoms with van der Waals surface area (Å²) in [5.41, 5.74) is 3.10. The van der Waals surface area contributed by atoms with Crippen molar-refractivity contribution in [3.8, 4) is 6.07 Å². The molecule has 2 aromatic rings. The van der Waals surface area contributed by atoms with Gasteiger partial charge in [-0.3, -0.25) is 0 Å². The number of nitriles is 1. The predicted octanol–water partition coefficient (Wildman–Crippen LogP) is 8.56. The first-order valence-corrected chi connectivity index (χ1v) is 13.1. The molecule has 0 saturated heterocycles. The number of carbonyl (C=O) groups excluding carboxylic acids is 1. The van der Waals surface area contributed by atoms with Gasteiger partial charge in [0.1, 0.15) is 6.07 Å². The highest BCUT2D eigenvalue weighted by atomic mass is 35.5. The number of rotatable bonds is 14. The smallest absolute Gasteiger partial charge is 0.338 e. The fourth-order valence-electron chi connectivity index (χ4n) is 3.82. The predicted molar refractivity (Wildman–Crippen MR) is 135 cm³/mol. The molecule has 1 aromatic heterocycles. The van der Waals surface area contributed by atoms with Crippen LogP contribution >= 0.6 is 22.9 Å². The average Bonchev–Trinajstić information content (AvgIpc) is 3.05. The van der Waals surface area contributed by atoms with Crippen molar-refractivity contribution < 1.29 is 9.53 Å². The van der Waals surface area contributed by atoms with E-state index in [1.165, 1.54) is 51.4 Å². The summed E-state index contributed by atoms with van der Waals surface area (Å²) in [5, 5.41) is 10.1. The minimum Gasteiger partial charge on any atom is -0.462 e. The van der Waals surface area contributed by atoms with Crippen LogP contribution in [0.25, 0.3) is 0 Å². The van der Waals surface area contributed by atoms with Gasteiger partial charge in [0.2, 0.25) is 0 Å². The molecule has 0 bridgehead atoms. The molecule has 0 atom stereocenters. The fourth-order valence-corrected chi connectivity index (χ4v) is 5.15. The number of hydrogen-bond acceptors (Lipinski definition) is 4. The number of halogens is 1. The highest BCUT2D eigenvalue weighted by molar-refractivity contribution is 7.12. The van der Waals surface area contributed by atoms with E-state index in [0.29, 0.717) is 23.6 Å². The molecule has 0 aliphatic heterocycles. The van der Waals surface area contributed by atoms with Crippen molar-refractivity contribution in [2.24, 2.45) is 0 Å². The Morgan fingerprint density at radius 2 is 1.66 bits per heavy atom. The second-order valence-corrected chi connectivity index (χ2v) is 10.2. The normalized spacial score (nSPS) is 10.8. The molecule has 0 aliphatic rings. The molecule has 5 heteroatoms. The van der Waals surface area contributed by atoms with Crippen molar-refractivity contribution in [3.05, 3.63) is 55.2 Å². The molecule has 0 unspecified atom stereocenters. The van der Waals surface area contributed by atoms with E-state index < -0.39 is 0 Å². The third-order valence-corrected chi connectivity index (χ3v) is 7.51. The molecule has 0 radical (unpaired) electrons. The van der Waals surface area contributed by atoms with Crippen LogP contribution < -0.4 is 0 Å². The minimum absolute atomic E-state index is 0.308. The molecule has 2 rings (SSSR count). The summed E-state index contributed by atoms with van der Waals surface area (Å²) in [6.07, 6.45) is 13.1. The first-order valence-electron chi connectivity index (χ1n) is 11.9. The van der Waals surface area contributed by atoms with Gasteiger partial charge in [0.05, 0.1) is 17.7 Å². The van der Waals surface area contributed by atoms with E-state index in [1.54, 1.807) is 29.5 Å². The van der Waals surface area contributed by atoms with E-state index in [4.69, 9.17) is 16.3 Å². The molecule has 0 amide bonds. The molecule has 0 saturated carbocycles. The number of benzene rings is 1. The summed E-state index contributed by atoms with van der Waals surface area (Å²) < 4.78 is 5.48. The van der Waals surface area contributed by atoms with Gasteiger partial charge in [0.25, 0.3) is 0 Å². The number of ether oxygens (including phenoxy) is 1. The highest BCUT2D eigenvalue weighted by Gasteiger charge is 2.16. The van der Waals surface area contributed by atoms with Crippen molar-refractivity contribution in [1.82, 2.24) is 0 Å². The maximum Gasteiger partial charge on any atom is 0.338 e. The molecule has 0 fully saturated rings. The van der Waals surface area contributed by atoms with Crippen molar-refractivity contribution in [3.63, 3.8) is 0 Å². The van der Waals surface area contributed by atoms with E-state index in [2.05, 4.69) is 13.0 Å². The van der Waals surface area contributed by atoms with Crippen LogP contribution in [0.4, 0.5) is 0 Å². The summed E-state index contributed by atoms with van der Waals surface area (Å²) in [7, 11) is 0. The molecule has 0 spiro atoms. The topological polar surface area (TPSA) is 50.1 Å². The van der Waals surface area contributed by atoms with E-state index in [-0.39, 0.29) is 5.97 Å². The van der Waals surface area contributed by atoms with Gasteiger partial charge in [0, 0.05) is 21.2 Å². The van der Waals surface area contributed by atoms with Gasteiger partial charge < -0.3 is 4.74 Å². The molecule has 3 nitrogen and oxygen atoms in total. The van der Waals surface area contributed by atoms with Crippen molar-refractivity contribution >= 4 is 28.9 Å². The molecular weight excluding hydrogens is 438 g/mol. The zero-order valence-corrected chi connectivity index (χ0v) is 21.3. The monoisotopic (exact) mass is 473 g/mol. The Hall–Kier alpha value is -1.83. The Morgan fingerprint density at radius 1 is 1.03 bits per heavy atom. The average molecular weight is 474 g/mol. The zero-order valence-electron chi connectivity index (χ0n) is 19.8. The molecule has 0 aliphatic carbocycles. The van der Waals surface area contributed by atoms with Crippen LogP contribution in [0.2, 0.25) is 5.02 Å². The summed E-state index contributed by atoms with van der Waals surface area (Å²) >= 11 is 8.00. The van der Waals surface area contributed by atoms with Crippen LogP contribution in [0.1, 0.15) is 108 Å². The summed E-state index contributed by atoms with van der Waals surface area (Å²) in [6, 6.07) is 7.56. The Balaban J connectivity index is 1.77. The second kappa shape index (κ2) is 14.3. The number of unbranched alkanes of at least 4 members (excludes halogenated alkanes) is 9. The van der Waals surface area contributed by atoms with E-state index in [1.807, 2.05) is 13.8 Å². The molecule has 1 heterocycles. The molecule has 1 aromatic carbocycles. The number of carbonyl (C=O) groups is 1. The standard InChI is InChI=1S/C27H36ClNO2S/c1-4-5-6-7-8-9-10-11-12-13-16-31-27(30)22-14-15-25(28)23(17-22)18-26-24(19-29)20(2)21(3)32-26/h14-15,17H,4-13,16,18H2,1-3H3. The molecular formula is C27H36ClNO2S. The Labute approximate surface area is 202 Å². The lowest BCUT2D eigenvalue weighted by atomic mass is 10.0. The Kier molecular flexibility index (Phi) is 11.8. The largest absolute Gasteiger partial charge is 0.462 e. The van der Waals surface area contributed by atoms with Gasteiger partial charge in [-0.05, 0) is 49.6 Å². The lowest BCUT2D eigenvalue weighted by Crippen LogP contribution is -2.07. The molecule has 32 heavy (non-hydrogen) atoms. The van der Waals surface area contributed by atoms with E-state index in [0.717, 1.165) is 39.3 Å². The van der Waals surface area contributed by atoms with Crippen LogP contribution in [-0.2, 0) is 11.2 Å². The van der Waals surface area contributed by atoms with Crippen LogP contribution in [0, 0.1) is 25.2 Å². The lowest BCUT2D eigenvalue weighted by molar-refractivity contribution is 0.0497. The summed E-state index contributed by atoms with van der Waals surface area (Å²) in [6.45, 7) is 6.69. The summed E-state index contributed by atoms with van der Waals surface area (Å²) in [5.74, 6) is -0.308. The van der Waals surface area contributed by atoms with Gasteiger partial charge in [-0.2, -0.15) is 5.26 Å². The van der Waals surface area contributed by atoms with Crippen molar-refractivity contribution in [2.45, 2.75) is 91.4 Å². The van der Waals surface area contributed by atoms with Crippen LogP contribution in [0.15, 0.2) is 18.2 Å². The van der Waals surface area contributed by atoms with Crippen LogP contribution in [0.5, 0.6) is 0 Å².